The van der Waals surface area contributed by atoms with Gasteiger partial charge in [-0.15, -0.1) is 0 Å². The molecule has 1 fully saturated rings. The average molecular weight is 465 g/mol. The average Bonchev–Trinajstić information content (AvgIpc) is 3.56. The van der Waals surface area contributed by atoms with Crippen molar-refractivity contribution < 1.29 is 13.2 Å². The molecule has 3 aromatic rings. The zero-order valence-corrected chi connectivity index (χ0v) is 18.7. The summed E-state index contributed by atoms with van der Waals surface area (Å²) in [6.45, 7) is 0.576. The summed E-state index contributed by atoms with van der Waals surface area (Å²) in [6, 6.07) is 22.1. The van der Waals surface area contributed by atoms with Gasteiger partial charge in [-0.25, -0.2) is 13.6 Å². The number of benzene rings is 3. The molecule has 1 saturated carbocycles. The van der Waals surface area contributed by atoms with Crippen LogP contribution in [0.3, 0.4) is 0 Å². The van der Waals surface area contributed by atoms with Gasteiger partial charge < -0.3 is 4.90 Å². The van der Waals surface area contributed by atoms with Crippen molar-refractivity contribution in [2.75, 3.05) is 6.54 Å². The molecule has 2 N–H and O–H groups in total. The van der Waals surface area contributed by atoms with Crippen LogP contribution in [0.25, 0.3) is 22.3 Å². The molecule has 0 radical (unpaired) electrons. The Balaban J connectivity index is 1.59. The highest BCUT2D eigenvalue weighted by Gasteiger charge is 2.40. The number of rotatable bonds is 5. The van der Waals surface area contributed by atoms with Gasteiger partial charge >= 0.3 is 0 Å². The van der Waals surface area contributed by atoms with Gasteiger partial charge in [0.05, 0.1) is 10.5 Å². The summed E-state index contributed by atoms with van der Waals surface area (Å²) in [6.07, 6.45) is 2.08. The third-order valence-electron chi connectivity index (χ3n) is 5.93. The van der Waals surface area contributed by atoms with E-state index in [1.165, 1.54) is 12.1 Å². The molecule has 7 heteroatoms. The Kier molecular flexibility index (Phi) is 5.16. The van der Waals surface area contributed by atoms with Crippen LogP contribution in [0.15, 0.2) is 77.7 Å². The Bertz CT molecular complexity index is 1360. The predicted octanol–water partition coefficient (Wildman–Crippen LogP) is 4.57. The lowest BCUT2D eigenvalue weighted by Crippen LogP contribution is -2.29. The number of carbonyl (C=O) groups is 1. The zero-order valence-electron chi connectivity index (χ0n) is 17.2. The molecule has 1 heterocycles. The predicted molar refractivity (Wildman–Crippen MR) is 126 cm³/mol. The number of nitrogens with two attached hydrogens (primary N) is 1. The fourth-order valence-electron chi connectivity index (χ4n) is 4.18. The topological polar surface area (TPSA) is 80.5 Å². The van der Waals surface area contributed by atoms with Crippen LogP contribution in [0.2, 0.25) is 5.02 Å². The van der Waals surface area contributed by atoms with Gasteiger partial charge in [-0.3, -0.25) is 4.79 Å². The third kappa shape index (κ3) is 3.97. The van der Waals surface area contributed by atoms with Gasteiger partial charge in [0.1, 0.15) is 0 Å². The van der Waals surface area contributed by atoms with Crippen molar-refractivity contribution in [1.29, 1.82) is 0 Å². The molecule has 3 aromatic carbocycles. The van der Waals surface area contributed by atoms with E-state index in [1.54, 1.807) is 12.1 Å². The summed E-state index contributed by atoms with van der Waals surface area (Å²) in [5.41, 5.74) is 5.19. The molecule has 0 bridgehead atoms. The van der Waals surface area contributed by atoms with Gasteiger partial charge in [0.25, 0.3) is 5.91 Å². The van der Waals surface area contributed by atoms with Gasteiger partial charge in [0.15, 0.2) is 0 Å². The maximum Gasteiger partial charge on any atom is 0.255 e. The first kappa shape index (κ1) is 20.9. The van der Waals surface area contributed by atoms with Crippen molar-refractivity contribution in [3.05, 3.63) is 88.9 Å². The summed E-state index contributed by atoms with van der Waals surface area (Å²) in [4.78, 5) is 15.4. The number of nitrogens with zero attached hydrogens (tertiary/aromatic N) is 1. The molecule has 0 saturated heterocycles. The molecular formula is C25H21ClN2O3S. The van der Waals surface area contributed by atoms with Crippen LogP contribution < -0.4 is 5.14 Å². The molecular weight excluding hydrogens is 444 g/mol. The lowest BCUT2D eigenvalue weighted by Gasteiger charge is -2.16. The van der Waals surface area contributed by atoms with Crippen molar-refractivity contribution in [3.8, 4) is 11.1 Å². The Morgan fingerprint density at radius 3 is 2.16 bits per heavy atom. The van der Waals surface area contributed by atoms with Crippen LogP contribution in [-0.2, 0) is 14.8 Å². The van der Waals surface area contributed by atoms with Crippen molar-refractivity contribution in [3.63, 3.8) is 0 Å². The van der Waals surface area contributed by atoms with E-state index >= 15 is 0 Å². The minimum atomic E-state index is -3.75. The van der Waals surface area contributed by atoms with E-state index < -0.39 is 10.0 Å². The van der Waals surface area contributed by atoms with E-state index in [-0.39, 0.29) is 10.8 Å². The lowest BCUT2D eigenvalue weighted by molar-refractivity contribution is -0.124. The number of sulfonamides is 1. The number of hydrogen-bond donors (Lipinski definition) is 1. The second-order valence-corrected chi connectivity index (χ2v) is 10.2. The second kappa shape index (κ2) is 7.89. The second-order valence-electron chi connectivity index (χ2n) is 8.18. The van der Waals surface area contributed by atoms with Gasteiger partial charge in [0.2, 0.25) is 10.0 Å². The molecule has 1 aliphatic heterocycles. The van der Waals surface area contributed by atoms with E-state index in [4.69, 9.17) is 16.7 Å². The maximum atomic E-state index is 13.4. The lowest BCUT2D eigenvalue weighted by atomic mass is 9.94. The first-order valence-electron chi connectivity index (χ1n) is 10.3. The molecule has 0 spiro atoms. The molecule has 0 atom stereocenters. The molecule has 32 heavy (non-hydrogen) atoms. The van der Waals surface area contributed by atoms with Crippen LogP contribution in [0.4, 0.5) is 0 Å². The number of halogens is 1. The van der Waals surface area contributed by atoms with E-state index in [1.807, 2.05) is 53.4 Å². The van der Waals surface area contributed by atoms with Gasteiger partial charge in [-0.05, 0) is 71.0 Å². The van der Waals surface area contributed by atoms with Crippen LogP contribution in [0.1, 0.15) is 24.0 Å². The summed E-state index contributed by atoms with van der Waals surface area (Å²) >= 11 is 6.24. The summed E-state index contributed by atoms with van der Waals surface area (Å²) in [5, 5.41) is 5.84. The minimum absolute atomic E-state index is 0.0456. The Morgan fingerprint density at radius 2 is 1.50 bits per heavy atom. The van der Waals surface area contributed by atoms with Crippen LogP contribution >= 0.6 is 11.6 Å². The van der Waals surface area contributed by atoms with Crippen LogP contribution in [0, 0.1) is 0 Å². The Morgan fingerprint density at radius 1 is 0.844 bits per heavy atom. The molecule has 0 unspecified atom stereocenters. The first-order valence-corrected chi connectivity index (χ1v) is 12.3. The smallest absolute Gasteiger partial charge is 0.255 e. The highest BCUT2D eigenvalue weighted by Crippen LogP contribution is 2.41. The van der Waals surface area contributed by atoms with E-state index in [0.29, 0.717) is 23.2 Å². The highest BCUT2D eigenvalue weighted by molar-refractivity contribution is 7.89. The molecule has 1 aliphatic carbocycles. The Labute approximate surface area is 192 Å². The first-order chi connectivity index (χ1) is 15.3. The number of amides is 1. The minimum Gasteiger partial charge on any atom is -0.331 e. The number of carbonyl (C=O) groups excluding carboxylic acids is 1. The molecule has 1 amide bonds. The zero-order chi connectivity index (χ0) is 22.5. The summed E-state index contributed by atoms with van der Waals surface area (Å²) in [5.74, 6) is 0.0456. The van der Waals surface area contributed by atoms with Crippen molar-refractivity contribution in [2.45, 2.75) is 23.8 Å². The molecule has 2 aliphatic rings. The molecule has 0 aromatic heterocycles. The normalized spacial score (nSPS) is 16.7. The van der Waals surface area contributed by atoms with Gasteiger partial charge in [-0.2, -0.15) is 0 Å². The summed E-state index contributed by atoms with van der Waals surface area (Å²) in [7, 11) is -3.75. The van der Waals surface area contributed by atoms with Crippen LogP contribution in [0.5, 0.6) is 0 Å². The SMILES string of the molecule is NS(=O)(=O)c1ccc(-c2cccc(C3=C(c4cccc(Cl)c4)CN(C4CC4)C3=O)c2)cc1. The maximum absolute atomic E-state index is 13.4. The van der Waals surface area contributed by atoms with E-state index in [0.717, 1.165) is 40.7 Å². The molecule has 162 valence electrons. The van der Waals surface area contributed by atoms with E-state index in [2.05, 4.69) is 0 Å². The van der Waals surface area contributed by atoms with E-state index in [9.17, 15) is 13.2 Å². The Hall–Kier alpha value is -2.93. The number of primary sulfonamides is 1. The van der Waals surface area contributed by atoms with Crippen molar-refractivity contribution in [2.24, 2.45) is 5.14 Å². The van der Waals surface area contributed by atoms with Crippen molar-refractivity contribution >= 4 is 38.7 Å². The highest BCUT2D eigenvalue weighted by atomic mass is 35.5. The van der Waals surface area contributed by atoms with Gasteiger partial charge in [-0.1, -0.05) is 54.1 Å². The largest absolute Gasteiger partial charge is 0.331 e. The quantitative estimate of drug-likeness (QED) is 0.600. The number of hydrogen-bond acceptors (Lipinski definition) is 3. The molecule has 5 rings (SSSR count). The van der Waals surface area contributed by atoms with Crippen molar-refractivity contribution in [1.82, 2.24) is 4.90 Å². The van der Waals surface area contributed by atoms with Gasteiger partial charge in [0, 0.05) is 17.6 Å². The monoisotopic (exact) mass is 464 g/mol. The standard InChI is InChI=1S/C25H21ClN2O3S/c26-20-6-2-4-18(14-20)23-15-28(21-9-10-21)25(29)24(23)19-5-1-3-17(13-19)16-7-11-22(12-8-16)32(27,30)31/h1-8,11-14,21H,9-10,15H2,(H2,27,30,31). The molecule has 5 nitrogen and oxygen atoms in total. The van der Waals surface area contributed by atoms with Crippen LogP contribution in [-0.4, -0.2) is 31.8 Å². The third-order valence-corrected chi connectivity index (χ3v) is 7.10. The fourth-order valence-corrected chi connectivity index (χ4v) is 4.88. The fraction of sp³-hybridized carbons (Fsp3) is 0.160. The summed E-state index contributed by atoms with van der Waals surface area (Å²) < 4.78 is 23.1.